The number of hydrogen-bond acceptors (Lipinski definition) is 5. The third-order valence-electron chi connectivity index (χ3n) is 3.34. The Morgan fingerprint density at radius 1 is 1.12 bits per heavy atom. The molecule has 2 rings (SSSR count). The molecule has 2 amide bonds. The fourth-order valence-corrected chi connectivity index (χ4v) is 1.95. The summed E-state index contributed by atoms with van der Waals surface area (Å²) in [7, 11) is 1.87. The number of hydrogen-bond donors (Lipinski definition) is 4. The van der Waals surface area contributed by atoms with Crippen molar-refractivity contribution >= 4 is 37.4 Å². The molecule has 0 spiro atoms. The van der Waals surface area contributed by atoms with Crippen LogP contribution >= 0.6 is 0 Å². The molecule has 0 radical (unpaired) electrons. The minimum absolute atomic E-state index is 0.122. The lowest BCUT2D eigenvalue weighted by Gasteiger charge is -2.02. The van der Waals surface area contributed by atoms with Crippen LogP contribution in [0.4, 0.5) is 0 Å². The molecule has 7 nitrogen and oxygen atoms in total. The second-order valence-electron chi connectivity index (χ2n) is 5.17. The first-order valence-corrected chi connectivity index (χ1v) is 7.35. The second kappa shape index (κ2) is 8.46. The van der Waals surface area contributed by atoms with Crippen molar-refractivity contribution in [3.8, 4) is 5.75 Å². The van der Waals surface area contributed by atoms with Crippen molar-refractivity contribution in [3.05, 3.63) is 65.2 Å². The molecule has 0 fully saturated rings. The third-order valence-corrected chi connectivity index (χ3v) is 3.34. The van der Waals surface area contributed by atoms with Crippen molar-refractivity contribution in [1.29, 1.82) is 0 Å². The quantitative estimate of drug-likeness (QED) is 0.201. The number of aromatic hydroxyl groups is 1. The molecular formula is C17H16BN3O4. The van der Waals surface area contributed by atoms with E-state index in [0.29, 0.717) is 16.7 Å². The van der Waals surface area contributed by atoms with E-state index >= 15 is 0 Å². The largest absolute Gasteiger partial charge is 0.508 e. The Balaban J connectivity index is 1.99. The summed E-state index contributed by atoms with van der Waals surface area (Å²) in [5.41, 5.74) is 6.60. The van der Waals surface area contributed by atoms with E-state index in [4.69, 9.17) is 5.21 Å². The Bertz CT molecular complexity index is 832. The van der Waals surface area contributed by atoms with Gasteiger partial charge in [-0.15, -0.1) is 0 Å². The van der Waals surface area contributed by atoms with E-state index in [1.54, 1.807) is 42.5 Å². The molecule has 0 unspecified atom stereocenters. The Hall–Kier alpha value is -3.39. The smallest absolute Gasteiger partial charge is 0.271 e. The topological polar surface area (TPSA) is 111 Å². The van der Waals surface area contributed by atoms with Gasteiger partial charge in [-0.1, -0.05) is 23.7 Å². The van der Waals surface area contributed by atoms with Crippen LogP contribution in [0.25, 0.3) is 6.08 Å². The van der Waals surface area contributed by atoms with Crippen LogP contribution in [0.15, 0.2) is 53.6 Å². The fraction of sp³-hybridized carbons (Fsp3) is 0. The van der Waals surface area contributed by atoms with Gasteiger partial charge in [-0.25, -0.2) is 10.9 Å². The molecular weight excluding hydrogens is 321 g/mol. The van der Waals surface area contributed by atoms with Crippen LogP contribution < -0.4 is 16.4 Å². The minimum Gasteiger partial charge on any atom is -0.508 e. The molecule has 0 saturated carbocycles. The van der Waals surface area contributed by atoms with Crippen molar-refractivity contribution in [2.45, 2.75) is 0 Å². The van der Waals surface area contributed by atoms with Gasteiger partial charge in [0.25, 0.3) is 11.8 Å². The first-order chi connectivity index (χ1) is 12.0. The van der Waals surface area contributed by atoms with Crippen LogP contribution in [-0.4, -0.2) is 36.2 Å². The normalized spacial score (nSPS) is 10.9. The molecule has 0 aliphatic heterocycles. The average Bonchev–Trinajstić information content (AvgIpc) is 2.62. The molecule has 2 aromatic rings. The molecule has 0 aliphatic rings. The van der Waals surface area contributed by atoms with Gasteiger partial charge in [-0.3, -0.25) is 14.8 Å². The predicted molar refractivity (Wildman–Crippen MR) is 96.8 cm³/mol. The summed E-state index contributed by atoms with van der Waals surface area (Å²) in [6.07, 6.45) is 4.12. The van der Waals surface area contributed by atoms with E-state index in [9.17, 15) is 14.7 Å². The van der Waals surface area contributed by atoms with Crippen LogP contribution in [-0.2, 0) is 4.79 Å². The number of carbonyl (C=O) groups excluding carboxylic acids is 2. The number of carbonyl (C=O) groups is 2. The molecule has 25 heavy (non-hydrogen) atoms. The summed E-state index contributed by atoms with van der Waals surface area (Å²) in [4.78, 5) is 22.9. The zero-order valence-corrected chi connectivity index (χ0v) is 13.4. The number of hydroxylamine groups is 1. The summed E-state index contributed by atoms with van der Waals surface area (Å²) in [6.45, 7) is 0. The zero-order valence-electron chi connectivity index (χ0n) is 13.4. The third kappa shape index (κ3) is 5.33. The Morgan fingerprint density at radius 2 is 1.84 bits per heavy atom. The highest BCUT2D eigenvalue weighted by Crippen LogP contribution is 2.08. The summed E-state index contributed by atoms with van der Waals surface area (Å²) in [5.74, 6) is -0.909. The molecule has 0 bridgehead atoms. The van der Waals surface area contributed by atoms with Crippen LogP contribution in [0.5, 0.6) is 5.75 Å². The molecule has 4 N–H and O–H groups in total. The summed E-state index contributed by atoms with van der Waals surface area (Å²) in [6, 6.07) is 11.3. The first kappa shape index (κ1) is 18.0. The number of amides is 2. The highest BCUT2D eigenvalue weighted by atomic mass is 16.5. The molecule has 126 valence electrons. The van der Waals surface area contributed by atoms with E-state index < -0.39 is 11.8 Å². The van der Waals surface area contributed by atoms with Gasteiger partial charge in [0.1, 0.15) is 13.6 Å². The van der Waals surface area contributed by atoms with Gasteiger partial charge in [0.05, 0.1) is 6.21 Å². The lowest BCUT2D eigenvalue weighted by Crippen LogP contribution is -2.18. The van der Waals surface area contributed by atoms with E-state index in [1.807, 2.05) is 7.85 Å². The highest BCUT2D eigenvalue weighted by molar-refractivity contribution is 6.35. The maximum atomic E-state index is 12.0. The number of benzene rings is 2. The van der Waals surface area contributed by atoms with Crippen molar-refractivity contribution in [2.24, 2.45) is 5.10 Å². The standard InChI is InChI=1S/C17H16BN3O4/c18-15-7-6-14(22)9-13(15)10-19-20-17(24)12-4-1-11(2-5-12)3-8-16(23)21-25/h1-10,22,25H,18H2,(H,20,24)(H,21,23)/b8-3+,19-10+. The number of hydrazone groups is 1. The summed E-state index contributed by atoms with van der Waals surface area (Å²) < 4.78 is 0. The maximum absolute atomic E-state index is 12.0. The molecule has 0 atom stereocenters. The number of phenols is 1. The van der Waals surface area contributed by atoms with Gasteiger partial charge < -0.3 is 5.11 Å². The maximum Gasteiger partial charge on any atom is 0.271 e. The van der Waals surface area contributed by atoms with Crippen molar-refractivity contribution < 1.29 is 19.9 Å². The summed E-state index contributed by atoms with van der Waals surface area (Å²) >= 11 is 0. The number of nitrogens with one attached hydrogen (secondary N) is 2. The molecule has 0 heterocycles. The number of nitrogens with zero attached hydrogens (tertiary/aromatic N) is 1. The Kier molecular flexibility index (Phi) is 6.08. The van der Waals surface area contributed by atoms with Crippen LogP contribution in [0.3, 0.4) is 0 Å². The highest BCUT2D eigenvalue weighted by Gasteiger charge is 2.04. The minimum atomic E-state index is -0.640. The zero-order chi connectivity index (χ0) is 18.2. The summed E-state index contributed by atoms with van der Waals surface area (Å²) in [5, 5.41) is 21.7. The number of phenolic OH excluding ortho intramolecular Hbond substituents is 1. The van der Waals surface area contributed by atoms with Crippen LogP contribution in [0, 0.1) is 0 Å². The Labute approximate surface area is 145 Å². The van der Waals surface area contributed by atoms with Crippen LogP contribution in [0.1, 0.15) is 21.5 Å². The van der Waals surface area contributed by atoms with Gasteiger partial charge in [-0.2, -0.15) is 5.10 Å². The monoisotopic (exact) mass is 337 g/mol. The molecule has 2 aromatic carbocycles. The van der Waals surface area contributed by atoms with E-state index in [-0.39, 0.29) is 5.75 Å². The molecule has 0 saturated heterocycles. The SMILES string of the molecule is Bc1ccc(O)cc1/C=N/NC(=O)c1ccc(/C=C/C(=O)NO)cc1. The predicted octanol–water partition coefficient (Wildman–Crippen LogP) is -0.0669. The lowest BCUT2D eigenvalue weighted by molar-refractivity contribution is -0.124. The number of rotatable bonds is 5. The van der Waals surface area contributed by atoms with Crippen molar-refractivity contribution in [1.82, 2.24) is 10.9 Å². The first-order valence-electron chi connectivity index (χ1n) is 7.35. The van der Waals surface area contributed by atoms with Gasteiger partial charge in [0, 0.05) is 11.6 Å². The lowest BCUT2D eigenvalue weighted by atomic mass is 9.91. The fourth-order valence-electron chi connectivity index (χ4n) is 1.95. The van der Waals surface area contributed by atoms with Gasteiger partial charge in [0.2, 0.25) is 0 Å². The van der Waals surface area contributed by atoms with E-state index in [1.165, 1.54) is 17.8 Å². The molecule has 0 aromatic heterocycles. The molecule has 0 aliphatic carbocycles. The van der Waals surface area contributed by atoms with E-state index in [2.05, 4.69) is 10.5 Å². The van der Waals surface area contributed by atoms with Gasteiger partial charge in [-0.05, 0) is 41.5 Å². The second-order valence-corrected chi connectivity index (χ2v) is 5.17. The van der Waals surface area contributed by atoms with Crippen molar-refractivity contribution in [3.63, 3.8) is 0 Å². The molecule has 8 heteroatoms. The van der Waals surface area contributed by atoms with Crippen LogP contribution in [0.2, 0.25) is 0 Å². The van der Waals surface area contributed by atoms with E-state index in [0.717, 1.165) is 11.5 Å². The van der Waals surface area contributed by atoms with Crippen molar-refractivity contribution in [2.75, 3.05) is 0 Å². The average molecular weight is 337 g/mol. The Morgan fingerprint density at radius 3 is 2.52 bits per heavy atom. The van der Waals surface area contributed by atoms with Gasteiger partial charge >= 0.3 is 0 Å². The van der Waals surface area contributed by atoms with Gasteiger partial charge in [0.15, 0.2) is 0 Å².